The summed E-state index contributed by atoms with van der Waals surface area (Å²) >= 11 is 1.59. The van der Waals surface area contributed by atoms with Crippen LogP contribution in [0.2, 0.25) is 0 Å². The van der Waals surface area contributed by atoms with E-state index in [1.54, 1.807) is 39.1 Å². The topological polar surface area (TPSA) is 0 Å². The molecular formula is C8H11Cl2Zr. The van der Waals surface area contributed by atoms with Crippen LogP contribution in [0, 0.1) is 0 Å². The van der Waals surface area contributed by atoms with Gasteiger partial charge in [-0.3, -0.25) is 0 Å². The van der Waals surface area contributed by atoms with Crippen molar-refractivity contribution in [3.05, 3.63) is 20.5 Å². The summed E-state index contributed by atoms with van der Waals surface area (Å²) in [7, 11) is 0. The van der Waals surface area contributed by atoms with Gasteiger partial charge < -0.3 is 24.8 Å². The molecular weight excluding hydrogens is 258 g/mol. The van der Waals surface area contributed by atoms with Crippen LogP contribution in [0.5, 0.6) is 0 Å². The first-order chi connectivity index (χ1) is 4.25. The molecule has 0 aromatic heterocycles. The third-order valence-corrected chi connectivity index (χ3v) is 3.62. The Kier molecular flexibility index (Phi) is 8.49. The SMILES string of the molecule is CCC1=CCC(C)=[C]1[Zr+2].[Cl-].[Cl-]. The Morgan fingerprint density at radius 1 is 1.45 bits per heavy atom. The van der Waals surface area contributed by atoms with E-state index in [1.807, 2.05) is 0 Å². The van der Waals surface area contributed by atoms with Gasteiger partial charge in [-0.1, -0.05) is 0 Å². The van der Waals surface area contributed by atoms with Crippen LogP contribution in [-0.4, -0.2) is 0 Å². The first-order valence-electron chi connectivity index (χ1n) is 3.36. The zero-order valence-electron chi connectivity index (χ0n) is 6.75. The molecule has 1 aliphatic rings. The normalized spacial score (nSPS) is 15.5. The van der Waals surface area contributed by atoms with Gasteiger partial charge in [0.1, 0.15) is 0 Å². The molecule has 0 fully saturated rings. The summed E-state index contributed by atoms with van der Waals surface area (Å²) in [6.45, 7) is 4.47. The van der Waals surface area contributed by atoms with Crippen LogP contribution >= 0.6 is 0 Å². The molecule has 0 spiro atoms. The molecule has 0 unspecified atom stereocenters. The monoisotopic (exact) mass is 267 g/mol. The Bertz CT molecular complexity index is 183. The number of halogens is 2. The van der Waals surface area contributed by atoms with Crippen molar-refractivity contribution in [3.63, 3.8) is 0 Å². The number of hydrogen-bond donors (Lipinski definition) is 0. The fourth-order valence-electron chi connectivity index (χ4n) is 1.08. The molecule has 1 rings (SSSR count). The Morgan fingerprint density at radius 2 is 2.00 bits per heavy atom. The van der Waals surface area contributed by atoms with E-state index in [4.69, 9.17) is 0 Å². The van der Waals surface area contributed by atoms with Crippen molar-refractivity contribution in [1.82, 2.24) is 0 Å². The van der Waals surface area contributed by atoms with Crippen LogP contribution in [0.4, 0.5) is 0 Å². The minimum absolute atomic E-state index is 0. The van der Waals surface area contributed by atoms with Crippen molar-refractivity contribution in [2.45, 2.75) is 26.7 Å². The summed E-state index contributed by atoms with van der Waals surface area (Å²) in [5.74, 6) is 0. The molecule has 0 aromatic carbocycles. The van der Waals surface area contributed by atoms with Gasteiger partial charge in [0.2, 0.25) is 0 Å². The molecule has 0 nitrogen and oxygen atoms in total. The average Bonchev–Trinajstić information content (AvgIpc) is 2.15. The minimum atomic E-state index is 0. The second-order valence-corrected chi connectivity index (χ2v) is 3.67. The molecule has 0 atom stereocenters. The first kappa shape index (κ1) is 14.5. The van der Waals surface area contributed by atoms with E-state index >= 15 is 0 Å². The predicted molar refractivity (Wildman–Crippen MR) is 35.7 cm³/mol. The molecule has 0 saturated carbocycles. The van der Waals surface area contributed by atoms with Gasteiger partial charge in [-0.2, -0.15) is 0 Å². The number of rotatable bonds is 1. The van der Waals surface area contributed by atoms with Crippen molar-refractivity contribution in [3.8, 4) is 0 Å². The van der Waals surface area contributed by atoms with Crippen LogP contribution in [0.3, 0.4) is 0 Å². The fourth-order valence-corrected chi connectivity index (χ4v) is 2.01. The third kappa shape index (κ3) is 3.44. The first-order valence-corrected chi connectivity index (χ1v) is 4.59. The average molecular weight is 269 g/mol. The van der Waals surface area contributed by atoms with E-state index in [9.17, 15) is 0 Å². The van der Waals surface area contributed by atoms with Crippen LogP contribution in [0.25, 0.3) is 0 Å². The van der Waals surface area contributed by atoms with Gasteiger partial charge in [-0.15, -0.1) is 0 Å². The number of hydrogen-bond acceptors (Lipinski definition) is 0. The van der Waals surface area contributed by atoms with Gasteiger partial charge in [-0.25, -0.2) is 0 Å². The van der Waals surface area contributed by atoms with E-state index in [1.165, 1.54) is 12.8 Å². The zero-order valence-corrected chi connectivity index (χ0v) is 10.7. The van der Waals surface area contributed by atoms with E-state index in [0.29, 0.717) is 0 Å². The Labute approximate surface area is 96.2 Å². The molecule has 0 N–H and O–H groups in total. The van der Waals surface area contributed by atoms with Crippen molar-refractivity contribution in [2.75, 3.05) is 0 Å². The maximum absolute atomic E-state index is 2.36. The molecule has 0 bridgehead atoms. The third-order valence-electron chi connectivity index (χ3n) is 1.78. The summed E-state index contributed by atoms with van der Waals surface area (Å²) in [4.78, 5) is 0. The van der Waals surface area contributed by atoms with Gasteiger partial charge in [-0.05, 0) is 0 Å². The Hall–Kier alpha value is 0.943. The molecule has 0 amide bonds. The standard InChI is InChI=1S/C8H11.2ClH.Zr/c1-3-8-5-4-7(2)6-8;;;/h5H,3-4H2,1-2H3;2*1H;/q;;;+2/p-2. The maximum atomic E-state index is 2.36. The molecule has 3 heteroatoms. The van der Waals surface area contributed by atoms with Crippen molar-refractivity contribution < 1.29 is 49.5 Å². The van der Waals surface area contributed by atoms with E-state index in [-0.39, 0.29) is 24.8 Å². The van der Waals surface area contributed by atoms with Crippen molar-refractivity contribution in [2.24, 2.45) is 0 Å². The quantitative estimate of drug-likeness (QED) is 0.465. The zero-order chi connectivity index (χ0) is 6.85. The second-order valence-electron chi connectivity index (χ2n) is 2.44. The van der Waals surface area contributed by atoms with Crippen LogP contribution in [-0.2, 0) is 24.7 Å². The Balaban J connectivity index is 0. The summed E-state index contributed by atoms with van der Waals surface area (Å²) < 4.78 is 1.62. The molecule has 0 saturated heterocycles. The molecule has 0 aromatic rings. The van der Waals surface area contributed by atoms with E-state index in [2.05, 4.69) is 19.9 Å². The van der Waals surface area contributed by atoms with Crippen molar-refractivity contribution in [1.29, 1.82) is 0 Å². The van der Waals surface area contributed by atoms with Gasteiger partial charge in [0, 0.05) is 0 Å². The molecule has 0 heterocycles. The van der Waals surface area contributed by atoms with Gasteiger partial charge in [0.25, 0.3) is 0 Å². The maximum Gasteiger partial charge on any atom is -1.00 e. The predicted octanol–water partition coefficient (Wildman–Crippen LogP) is -3.44. The minimum Gasteiger partial charge on any atom is -1.00 e. The molecule has 0 aliphatic heterocycles. The van der Waals surface area contributed by atoms with Gasteiger partial charge in [0.15, 0.2) is 0 Å². The molecule has 1 aliphatic carbocycles. The smallest absolute Gasteiger partial charge is 1.00 e. The van der Waals surface area contributed by atoms with Crippen LogP contribution in [0.1, 0.15) is 26.7 Å². The second kappa shape index (κ2) is 6.46. The van der Waals surface area contributed by atoms with Crippen molar-refractivity contribution >= 4 is 0 Å². The fraction of sp³-hybridized carbons (Fsp3) is 0.500. The summed E-state index contributed by atoms with van der Waals surface area (Å²) in [5, 5.41) is 0. The van der Waals surface area contributed by atoms with Gasteiger partial charge >= 0.3 is 71.9 Å². The summed E-state index contributed by atoms with van der Waals surface area (Å²) in [6, 6.07) is 0. The van der Waals surface area contributed by atoms with Gasteiger partial charge in [0.05, 0.1) is 0 Å². The largest absolute Gasteiger partial charge is 1.00 e. The molecule has 61 valence electrons. The number of allylic oxidation sites excluding steroid dienone is 4. The van der Waals surface area contributed by atoms with Crippen LogP contribution < -0.4 is 24.8 Å². The van der Waals surface area contributed by atoms with Crippen LogP contribution in [0.15, 0.2) is 20.5 Å². The Morgan fingerprint density at radius 3 is 2.18 bits per heavy atom. The summed E-state index contributed by atoms with van der Waals surface area (Å²) in [5.41, 5.74) is 3.18. The van der Waals surface area contributed by atoms with E-state index < -0.39 is 0 Å². The summed E-state index contributed by atoms with van der Waals surface area (Å²) in [6.07, 6.45) is 4.79. The molecule has 0 radical (unpaired) electrons. The molecule has 11 heavy (non-hydrogen) atoms. The van der Waals surface area contributed by atoms with E-state index in [0.717, 1.165) is 0 Å².